The lowest BCUT2D eigenvalue weighted by atomic mass is 9.95. The number of hydrogen-bond acceptors (Lipinski definition) is 20. The number of carbonyl (C=O) groups is 5. The van der Waals surface area contributed by atoms with Gasteiger partial charge in [-0.1, -0.05) is 194 Å². The van der Waals surface area contributed by atoms with E-state index in [0.29, 0.717) is 5.56 Å². The highest BCUT2D eigenvalue weighted by atomic mass is 16.8. The molecule has 3 fully saturated rings. The average Bonchev–Trinajstić information content (AvgIpc) is 0.766. The zero-order valence-electron chi connectivity index (χ0n) is 52.7. The fourth-order valence-corrected chi connectivity index (χ4v) is 11.4. The quantitative estimate of drug-likeness (QED) is 0.0372. The van der Waals surface area contributed by atoms with Crippen molar-refractivity contribution in [2.75, 3.05) is 13.2 Å². The number of ether oxygens (including phenoxy) is 14. The summed E-state index contributed by atoms with van der Waals surface area (Å²) in [6.45, 7) is 1.67. The third-order valence-corrected chi connectivity index (χ3v) is 16.2. The van der Waals surface area contributed by atoms with E-state index in [9.17, 15) is 29.1 Å². The molecule has 3 heterocycles. The van der Waals surface area contributed by atoms with Crippen LogP contribution in [-0.2, 0) is 97.5 Å². The third-order valence-electron chi connectivity index (χ3n) is 16.2. The Morgan fingerprint density at radius 2 is 0.667 bits per heavy atom. The maximum absolute atomic E-state index is 15.0. The molecule has 15 atom stereocenters. The van der Waals surface area contributed by atoms with Crippen LogP contribution in [0.2, 0.25) is 0 Å². The number of esters is 5. The molecule has 8 aromatic rings. The van der Waals surface area contributed by atoms with Crippen LogP contribution in [0.25, 0.3) is 0 Å². The standard InChI is InChI=1S/C76H74O20/c1-49-62(83-43-51-27-11-3-12-28-51)66(84-44-52-29-13-4-14-30-52)68(85-45-53-31-15-5-16-32-53)76(89-49)96-67-64(95-75-65(93-72(81)57-39-23-9-24-40-57)61(78)63(90-50(2)77)59(92-75)47-86-70(79)55-35-19-7-20-36-55)60(48-87-71(80)56-37-21-8-22-38-56)91-74(88-46-54-33-17-6-18-34-54)69(67)94-73(82)58-41-25-10-26-42-58/h3-42,49,59-69,74-76,78H,43-48H2,1-2H3/t49-,59+,60+,61-,62+,63-,64+,65+,66+,67-,68-,69+,74+,75-,76-/m0/s1. The first-order valence-electron chi connectivity index (χ1n) is 31.6. The third kappa shape index (κ3) is 18.2. The first-order valence-corrected chi connectivity index (χ1v) is 31.6. The van der Waals surface area contributed by atoms with Gasteiger partial charge in [0.15, 0.2) is 37.2 Å². The summed E-state index contributed by atoms with van der Waals surface area (Å²) in [6.07, 6.45) is -22.9. The van der Waals surface area contributed by atoms with Gasteiger partial charge >= 0.3 is 29.8 Å². The number of carbonyl (C=O) groups excluding carboxylic acids is 5. The minimum atomic E-state index is -2.00. The molecule has 498 valence electrons. The van der Waals surface area contributed by atoms with E-state index < -0.39 is 135 Å². The Labute approximate surface area is 555 Å². The second kappa shape index (κ2) is 33.9. The molecule has 20 nitrogen and oxygen atoms in total. The Hall–Kier alpha value is -9.29. The average molecular weight is 1310 g/mol. The molecule has 8 aromatic carbocycles. The Morgan fingerprint density at radius 3 is 1.09 bits per heavy atom. The Morgan fingerprint density at radius 1 is 0.333 bits per heavy atom. The Bertz CT molecular complexity index is 3710. The van der Waals surface area contributed by atoms with Crippen molar-refractivity contribution < 1.29 is 95.4 Å². The molecule has 0 unspecified atom stereocenters. The van der Waals surface area contributed by atoms with Gasteiger partial charge in [-0.05, 0) is 77.7 Å². The normalized spacial score (nSPS) is 25.5. The number of hydrogen-bond donors (Lipinski definition) is 1. The zero-order valence-corrected chi connectivity index (χ0v) is 52.7. The Kier molecular flexibility index (Phi) is 24.0. The van der Waals surface area contributed by atoms with Crippen LogP contribution in [0.4, 0.5) is 0 Å². The summed E-state index contributed by atoms with van der Waals surface area (Å²) in [7, 11) is 0. The molecule has 96 heavy (non-hydrogen) atoms. The highest BCUT2D eigenvalue weighted by molar-refractivity contribution is 5.91. The number of benzene rings is 8. The number of rotatable bonds is 27. The lowest BCUT2D eigenvalue weighted by Gasteiger charge is -2.51. The molecular weight excluding hydrogens is 1230 g/mol. The van der Waals surface area contributed by atoms with E-state index in [-0.39, 0.29) is 48.7 Å². The first-order chi connectivity index (χ1) is 46.9. The van der Waals surface area contributed by atoms with Gasteiger partial charge in [0.05, 0.1) is 54.8 Å². The molecule has 0 radical (unpaired) electrons. The molecule has 0 bridgehead atoms. The molecule has 1 N–H and O–H groups in total. The minimum absolute atomic E-state index is 0.0112. The summed E-state index contributed by atoms with van der Waals surface area (Å²) in [5.41, 5.74) is 3.66. The molecule has 3 saturated heterocycles. The summed E-state index contributed by atoms with van der Waals surface area (Å²) in [4.78, 5) is 70.3. The van der Waals surface area contributed by atoms with E-state index >= 15 is 0 Å². The van der Waals surface area contributed by atoms with Gasteiger partial charge in [-0.25, -0.2) is 19.2 Å². The molecule has 11 rings (SSSR count). The molecule has 3 aliphatic rings. The smallest absolute Gasteiger partial charge is 0.338 e. The van der Waals surface area contributed by atoms with E-state index in [2.05, 4.69) is 0 Å². The molecule has 0 aromatic heterocycles. The molecule has 0 saturated carbocycles. The van der Waals surface area contributed by atoms with Crippen molar-refractivity contribution in [2.24, 2.45) is 0 Å². The van der Waals surface area contributed by atoms with E-state index in [1.807, 2.05) is 121 Å². The topological polar surface area (TPSA) is 235 Å². The monoisotopic (exact) mass is 1310 g/mol. The van der Waals surface area contributed by atoms with Crippen molar-refractivity contribution in [2.45, 2.75) is 132 Å². The largest absolute Gasteiger partial charge is 0.459 e. The van der Waals surface area contributed by atoms with Gasteiger partial charge in [0.25, 0.3) is 0 Å². The van der Waals surface area contributed by atoms with Crippen LogP contribution >= 0.6 is 0 Å². The van der Waals surface area contributed by atoms with Crippen LogP contribution in [0.3, 0.4) is 0 Å². The lowest BCUT2D eigenvalue weighted by Crippen LogP contribution is -2.68. The second-order valence-electron chi connectivity index (χ2n) is 23.0. The minimum Gasteiger partial charge on any atom is -0.459 e. The van der Waals surface area contributed by atoms with Crippen molar-refractivity contribution >= 4 is 29.8 Å². The van der Waals surface area contributed by atoms with Crippen LogP contribution in [0, 0.1) is 0 Å². The number of aliphatic hydroxyl groups excluding tert-OH is 1. The van der Waals surface area contributed by atoms with Crippen LogP contribution in [-0.4, -0.2) is 140 Å². The van der Waals surface area contributed by atoms with Crippen LogP contribution in [0.1, 0.15) is 77.5 Å². The van der Waals surface area contributed by atoms with E-state index in [4.69, 9.17) is 66.3 Å². The highest BCUT2D eigenvalue weighted by Crippen LogP contribution is 2.39. The van der Waals surface area contributed by atoms with Crippen molar-refractivity contribution in [3.05, 3.63) is 287 Å². The molecule has 0 aliphatic carbocycles. The van der Waals surface area contributed by atoms with Crippen LogP contribution in [0.15, 0.2) is 243 Å². The molecule has 0 spiro atoms. The lowest BCUT2D eigenvalue weighted by molar-refractivity contribution is -0.389. The Balaban J connectivity index is 1.06. The fraction of sp³-hybridized carbons (Fsp3) is 0.303. The van der Waals surface area contributed by atoms with Crippen molar-refractivity contribution in [3.63, 3.8) is 0 Å². The summed E-state index contributed by atoms with van der Waals surface area (Å²) in [6, 6.07) is 69.9. The predicted octanol–water partition coefficient (Wildman–Crippen LogP) is 10.4. The van der Waals surface area contributed by atoms with Gasteiger partial charge in [-0.3, -0.25) is 4.79 Å². The van der Waals surface area contributed by atoms with Gasteiger partial charge in [-0.15, -0.1) is 0 Å². The fourth-order valence-electron chi connectivity index (χ4n) is 11.4. The maximum Gasteiger partial charge on any atom is 0.338 e. The van der Waals surface area contributed by atoms with Crippen LogP contribution in [0.5, 0.6) is 0 Å². The SMILES string of the molecule is CC(=O)O[C@@H]1[C@H](O)[C@@H](OC(=O)c2ccccc2)[C@H](O[C@H]2[C@H](O[C@@H]3O[C@@H](C)[C@@H](OCc4ccccc4)[C@@H](OCc4ccccc4)[C@@H]3OCc3ccccc3)[C@@H](OC(=O)c3ccccc3)[C@H](OCc3ccccc3)O[C@@H]2COC(=O)c2ccccc2)O[C@@H]1COC(=O)c1ccccc1. The molecule has 0 amide bonds. The highest BCUT2D eigenvalue weighted by Gasteiger charge is 2.58. The van der Waals surface area contributed by atoms with Gasteiger partial charge in [-0.2, -0.15) is 0 Å². The van der Waals surface area contributed by atoms with Crippen molar-refractivity contribution in [1.29, 1.82) is 0 Å². The summed E-state index contributed by atoms with van der Waals surface area (Å²) in [5.74, 6) is -4.29. The van der Waals surface area contributed by atoms with E-state index in [1.165, 1.54) is 24.3 Å². The summed E-state index contributed by atoms with van der Waals surface area (Å²) >= 11 is 0. The molecular formula is C76H74O20. The second-order valence-corrected chi connectivity index (χ2v) is 23.0. The zero-order chi connectivity index (χ0) is 66.6. The summed E-state index contributed by atoms with van der Waals surface area (Å²) in [5, 5.41) is 12.7. The number of aliphatic hydroxyl groups is 1. The van der Waals surface area contributed by atoms with Gasteiger partial charge in [0.1, 0.15) is 62.0 Å². The molecule has 3 aliphatic heterocycles. The van der Waals surface area contributed by atoms with E-state index in [0.717, 1.165) is 23.6 Å². The van der Waals surface area contributed by atoms with Gasteiger partial charge < -0.3 is 71.4 Å². The predicted molar refractivity (Wildman–Crippen MR) is 344 cm³/mol. The van der Waals surface area contributed by atoms with Crippen LogP contribution < -0.4 is 0 Å². The first kappa shape index (κ1) is 68.1. The summed E-state index contributed by atoms with van der Waals surface area (Å²) < 4.78 is 93.5. The molecule has 20 heteroatoms. The van der Waals surface area contributed by atoms with Crippen molar-refractivity contribution in [3.8, 4) is 0 Å². The maximum atomic E-state index is 15.0. The van der Waals surface area contributed by atoms with Crippen molar-refractivity contribution in [1.82, 2.24) is 0 Å². The van der Waals surface area contributed by atoms with Gasteiger partial charge in [0, 0.05) is 6.92 Å². The van der Waals surface area contributed by atoms with E-state index in [1.54, 1.807) is 104 Å². The van der Waals surface area contributed by atoms with Gasteiger partial charge in [0.2, 0.25) is 0 Å².